The smallest absolute Gasteiger partial charge is 0.0145 e. The number of allylic oxidation sites excluding steroid dienone is 4. The van der Waals surface area contributed by atoms with Gasteiger partial charge in [0.25, 0.3) is 0 Å². The molecule has 0 N–H and O–H groups in total. The van der Waals surface area contributed by atoms with E-state index in [0.717, 1.165) is 6.42 Å². The van der Waals surface area contributed by atoms with Gasteiger partial charge in [0.15, 0.2) is 0 Å². The van der Waals surface area contributed by atoms with Crippen molar-refractivity contribution < 1.29 is 0 Å². The van der Waals surface area contributed by atoms with E-state index in [2.05, 4.69) is 85.8 Å². The van der Waals surface area contributed by atoms with Gasteiger partial charge in [0.1, 0.15) is 0 Å². The van der Waals surface area contributed by atoms with Crippen LogP contribution in [0.25, 0.3) is 0 Å². The molecule has 0 bridgehead atoms. The van der Waals surface area contributed by atoms with Crippen molar-refractivity contribution in [2.24, 2.45) is 5.92 Å². The van der Waals surface area contributed by atoms with Crippen LogP contribution in [0.2, 0.25) is 0 Å². The van der Waals surface area contributed by atoms with Gasteiger partial charge in [-0.1, -0.05) is 85.8 Å². The van der Waals surface area contributed by atoms with Gasteiger partial charge in [-0.05, 0) is 36.2 Å². The third-order valence-electron chi connectivity index (χ3n) is 3.68. The van der Waals surface area contributed by atoms with E-state index in [4.69, 9.17) is 0 Å². The standard InChI is InChI=1S/C19H19P/c1-16-10-8-9-15-19(16)20(17-11-4-2-5-12-17)18-13-6-3-7-14-18/h2-9,11-16H,10H2,1H3. The molecule has 1 aliphatic rings. The summed E-state index contributed by atoms with van der Waals surface area (Å²) in [5.74, 6) is 0.631. The Hall–Kier alpha value is -1.65. The zero-order valence-corrected chi connectivity index (χ0v) is 12.6. The number of hydrogen-bond donors (Lipinski definition) is 0. The summed E-state index contributed by atoms with van der Waals surface area (Å²) < 4.78 is 0. The second kappa shape index (κ2) is 6.20. The lowest BCUT2D eigenvalue weighted by Crippen LogP contribution is -2.16. The van der Waals surface area contributed by atoms with E-state index in [1.54, 1.807) is 5.31 Å². The van der Waals surface area contributed by atoms with Gasteiger partial charge in [-0.15, -0.1) is 0 Å². The minimum absolute atomic E-state index is 0.399. The molecule has 3 rings (SSSR count). The predicted octanol–water partition coefficient (Wildman–Crippen LogP) is 4.60. The molecule has 0 radical (unpaired) electrons. The predicted molar refractivity (Wildman–Crippen MR) is 90.1 cm³/mol. The fourth-order valence-corrected chi connectivity index (χ4v) is 5.25. The summed E-state index contributed by atoms with van der Waals surface area (Å²) in [6.07, 6.45) is 7.98. The minimum Gasteiger partial charge on any atom is -0.0839 e. The van der Waals surface area contributed by atoms with Gasteiger partial charge < -0.3 is 0 Å². The lowest BCUT2D eigenvalue weighted by molar-refractivity contribution is 0.722. The first-order valence-electron chi connectivity index (χ1n) is 7.13. The van der Waals surface area contributed by atoms with Crippen molar-refractivity contribution in [1.82, 2.24) is 0 Å². The third kappa shape index (κ3) is 2.76. The lowest BCUT2D eigenvalue weighted by Gasteiger charge is -2.27. The highest BCUT2D eigenvalue weighted by Crippen LogP contribution is 2.48. The maximum absolute atomic E-state index is 2.34. The molecule has 100 valence electrons. The van der Waals surface area contributed by atoms with Crippen LogP contribution in [0.3, 0.4) is 0 Å². The number of rotatable bonds is 3. The normalized spacial score (nSPS) is 18.1. The highest BCUT2D eigenvalue weighted by Gasteiger charge is 2.23. The molecular weight excluding hydrogens is 259 g/mol. The van der Waals surface area contributed by atoms with E-state index in [1.807, 2.05) is 0 Å². The molecule has 1 heteroatoms. The summed E-state index contributed by atoms with van der Waals surface area (Å²) in [5.41, 5.74) is 0. The second-order valence-electron chi connectivity index (χ2n) is 5.16. The second-order valence-corrected chi connectivity index (χ2v) is 7.38. The van der Waals surface area contributed by atoms with Gasteiger partial charge in [-0.3, -0.25) is 0 Å². The summed E-state index contributed by atoms with van der Waals surface area (Å²) >= 11 is 0. The van der Waals surface area contributed by atoms with Crippen molar-refractivity contribution in [3.8, 4) is 0 Å². The van der Waals surface area contributed by atoms with Crippen LogP contribution in [0.1, 0.15) is 13.3 Å². The molecular formula is C19H19P. The van der Waals surface area contributed by atoms with Crippen molar-refractivity contribution in [3.63, 3.8) is 0 Å². The molecule has 0 saturated carbocycles. The molecule has 1 aliphatic carbocycles. The van der Waals surface area contributed by atoms with Gasteiger partial charge in [0, 0.05) is 0 Å². The molecule has 1 atom stereocenters. The van der Waals surface area contributed by atoms with E-state index < -0.39 is 7.92 Å². The van der Waals surface area contributed by atoms with Gasteiger partial charge in [0.2, 0.25) is 0 Å². The monoisotopic (exact) mass is 278 g/mol. The molecule has 0 nitrogen and oxygen atoms in total. The SMILES string of the molecule is CC1CC=CC=C1P(c1ccccc1)c1ccccc1. The highest BCUT2D eigenvalue weighted by atomic mass is 31.1. The van der Waals surface area contributed by atoms with Gasteiger partial charge in [-0.25, -0.2) is 0 Å². The van der Waals surface area contributed by atoms with Crippen molar-refractivity contribution in [1.29, 1.82) is 0 Å². The van der Waals surface area contributed by atoms with Crippen molar-refractivity contribution in [3.05, 3.63) is 84.2 Å². The average molecular weight is 278 g/mol. The first-order chi connectivity index (χ1) is 9.86. The van der Waals surface area contributed by atoms with E-state index in [9.17, 15) is 0 Å². The van der Waals surface area contributed by atoms with Crippen LogP contribution in [-0.4, -0.2) is 0 Å². The van der Waals surface area contributed by atoms with Crippen LogP contribution in [0, 0.1) is 5.92 Å². The van der Waals surface area contributed by atoms with Crippen LogP contribution >= 0.6 is 7.92 Å². The zero-order valence-electron chi connectivity index (χ0n) is 11.7. The minimum atomic E-state index is -0.399. The molecule has 0 amide bonds. The summed E-state index contributed by atoms with van der Waals surface area (Å²) in [6, 6.07) is 21.9. The molecule has 0 fully saturated rings. The maximum Gasteiger partial charge on any atom is -0.0145 e. The molecule has 0 heterocycles. The van der Waals surface area contributed by atoms with Gasteiger partial charge in [-0.2, -0.15) is 0 Å². The lowest BCUT2D eigenvalue weighted by atomic mass is 10.0. The topological polar surface area (TPSA) is 0 Å². The Balaban J connectivity index is 2.09. The largest absolute Gasteiger partial charge is 0.0839 e. The van der Waals surface area contributed by atoms with Crippen LogP contribution < -0.4 is 10.6 Å². The Kier molecular flexibility index (Phi) is 4.14. The van der Waals surface area contributed by atoms with Crippen molar-refractivity contribution in [2.75, 3.05) is 0 Å². The van der Waals surface area contributed by atoms with Crippen molar-refractivity contribution in [2.45, 2.75) is 13.3 Å². The molecule has 0 aliphatic heterocycles. The highest BCUT2D eigenvalue weighted by molar-refractivity contribution is 7.76. The van der Waals surface area contributed by atoms with Crippen molar-refractivity contribution >= 4 is 18.5 Å². The Bertz CT molecular complexity index is 571. The quantitative estimate of drug-likeness (QED) is 0.720. The van der Waals surface area contributed by atoms with E-state index >= 15 is 0 Å². The van der Waals surface area contributed by atoms with Crippen LogP contribution in [0.4, 0.5) is 0 Å². The summed E-state index contributed by atoms with van der Waals surface area (Å²) in [7, 11) is -0.399. The number of hydrogen-bond acceptors (Lipinski definition) is 0. The molecule has 20 heavy (non-hydrogen) atoms. The molecule has 0 saturated heterocycles. The van der Waals surface area contributed by atoms with E-state index in [-0.39, 0.29) is 0 Å². The summed E-state index contributed by atoms with van der Waals surface area (Å²) in [4.78, 5) is 0. The average Bonchev–Trinajstić information content (AvgIpc) is 2.52. The third-order valence-corrected chi connectivity index (χ3v) is 6.42. The van der Waals surface area contributed by atoms with Crippen LogP contribution in [-0.2, 0) is 0 Å². The Labute approximate surface area is 122 Å². The summed E-state index contributed by atoms with van der Waals surface area (Å²) in [5, 5.41) is 4.48. The molecule has 0 spiro atoms. The Morgan fingerprint density at radius 1 is 0.850 bits per heavy atom. The first kappa shape index (κ1) is 13.3. The maximum atomic E-state index is 2.34. The molecule has 0 aromatic heterocycles. The Morgan fingerprint density at radius 2 is 1.40 bits per heavy atom. The molecule has 2 aromatic carbocycles. The fraction of sp³-hybridized carbons (Fsp3) is 0.158. The van der Waals surface area contributed by atoms with Gasteiger partial charge in [0.05, 0.1) is 0 Å². The van der Waals surface area contributed by atoms with E-state index in [1.165, 1.54) is 10.6 Å². The fourth-order valence-electron chi connectivity index (χ4n) is 2.63. The first-order valence-corrected chi connectivity index (χ1v) is 8.47. The number of benzene rings is 2. The van der Waals surface area contributed by atoms with Gasteiger partial charge >= 0.3 is 0 Å². The molecule has 1 unspecified atom stereocenters. The van der Waals surface area contributed by atoms with Crippen LogP contribution in [0.15, 0.2) is 84.2 Å². The zero-order chi connectivity index (χ0) is 13.8. The van der Waals surface area contributed by atoms with Crippen LogP contribution in [0.5, 0.6) is 0 Å². The van der Waals surface area contributed by atoms with E-state index in [0.29, 0.717) is 5.92 Å². The Morgan fingerprint density at radius 3 is 1.90 bits per heavy atom. The molecule has 2 aromatic rings. The summed E-state index contributed by atoms with van der Waals surface area (Å²) in [6.45, 7) is 2.34.